The van der Waals surface area contributed by atoms with Gasteiger partial charge in [0, 0.05) is 16.8 Å². The van der Waals surface area contributed by atoms with Gasteiger partial charge in [-0.15, -0.1) is 0 Å². The Morgan fingerprint density at radius 3 is 1.30 bits per heavy atom. The van der Waals surface area contributed by atoms with Gasteiger partial charge in [-0.05, 0) is 72.4 Å². The topological polar surface area (TPSA) is 3.24 Å². The summed E-state index contributed by atoms with van der Waals surface area (Å²) in [6.07, 6.45) is 0. The second kappa shape index (κ2) is 9.00. The van der Waals surface area contributed by atoms with Gasteiger partial charge in [-0.25, -0.2) is 8.78 Å². The van der Waals surface area contributed by atoms with Crippen LogP contribution in [0.2, 0.25) is 0 Å². The summed E-state index contributed by atoms with van der Waals surface area (Å²) in [7, 11) is 1.90. The Kier molecular flexibility index (Phi) is 7.65. The van der Waals surface area contributed by atoms with E-state index in [-0.39, 0.29) is 11.6 Å². The molecule has 0 fully saturated rings. The first-order chi connectivity index (χ1) is 9.63. The van der Waals surface area contributed by atoms with E-state index in [1.807, 2.05) is 24.6 Å². The van der Waals surface area contributed by atoms with Crippen LogP contribution in [0.25, 0.3) is 0 Å². The van der Waals surface area contributed by atoms with Crippen LogP contribution in [0.4, 0.5) is 8.78 Å². The molecule has 0 aromatic heterocycles. The molecule has 5 heteroatoms. The van der Waals surface area contributed by atoms with Crippen molar-refractivity contribution < 1.29 is 8.78 Å². The van der Waals surface area contributed by atoms with E-state index in [1.165, 1.54) is 48.2 Å². The van der Waals surface area contributed by atoms with Crippen LogP contribution in [-0.4, -0.2) is 10.8 Å². The van der Waals surface area contributed by atoms with Crippen molar-refractivity contribution in [3.63, 3.8) is 0 Å². The minimum absolute atomic E-state index is 0.242. The van der Waals surface area contributed by atoms with Gasteiger partial charge < -0.3 is 0 Å². The standard InChI is InChI=1S/C13H11F2NS2.C2H6/c1-16(17-12-6-2-10(14)3-7-12)18-13-8-4-11(15)5-9-13;1-2/h2-9H,1H3;1-2H3. The Morgan fingerprint density at radius 1 is 0.700 bits per heavy atom. The van der Waals surface area contributed by atoms with Crippen molar-refractivity contribution in [3.8, 4) is 0 Å². The highest BCUT2D eigenvalue weighted by atomic mass is 32.2. The summed E-state index contributed by atoms with van der Waals surface area (Å²) in [6, 6.07) is 12.6. The van der Waals surface area contributed by atoms with Crippen molar-refractivity contribution in [2.24, 2.45) is 0 Å². The molecule has 0 saturated heterocycles. The lowest BCUT2D eigenvalue weighted by Gasteiger charge is -2.13. The predicted molar refractivity (Wildman–Crippen MR) is 83.6 cm³/mol. The van der Waals surface area contributed by atoms with Crippen LogP contribution in [0, 0.1) is 11.6 Å². The molecule has 0 radical (unpaired) electrons. The van der Waals surface area contributed by atoms with E-state index in [2.05, 4.69) is 0 Å². The van der Waals surface area contributed by atoms with Crippen molar-refractivity contribution in [2.45, 2.75) is 23.6 Å². The maximum atomic E-state index is 12.7. The molecule has 0 amide bonds. The summed E-state index contributed by atoms with van der Waals surface area (Å²) in [5, 5.41) is 0. The number of nitrogens with zero attached hydrogens (tertiary/aromatic N) is 1. The van der Waals surface area contributed by atoms with E-state index in [9.17, 15) is 8.78 Å². The zero-order valence-corrected chi connectivity index (χ0v) is 13.3. The number of rotatable bonds is 4. The van der Waals surface area contributed by atoms with E-state index in [0.29, 0.717) is 0 Å². The van der Waals surface area contributed by atoms with Crippen molar-refractivity contribution in [3.05, 3.63) is 60.2 Å². The Hall–Kier alpha value is -1.04. The maximum Gasteiger partial charge on any atom is 0.123 e. The van der Waals surface area contributed by atoms with Gasteiger partial charge in [-0.3, -0.25) is 0 Å². The smallest absolute Gasteiger partial charge is 0.123 e. The first-order valence-corrected chi connectivity index (χ1v) is 7.79. The average Bonchev–Trinajstić information content (AvgIpc) is 2.46. The van der Waals surface area contributed by atoms with E-state index < -0.39 is 0 Å². The number of hydrogen-bond acceptors (Lipinski definition) is 3. The molecular weight excluding hydrogens is 296 g/mol. The van der Waals surface area contributed by atoms with Crippen LogP contribution in [0.15, 0.2) is 58.3 Å². The van der Waals surface area contributed by atoms with Gasteiger partial charge >= 0.3 is 0 Å². The van der Waals surface area contributed by atoms with E-state index in [4.69, 9.17) is 0 Å². The van der Waals surface area contributed by atoms with Crippen LogP contribution in [0.3, 0.4) is 0 Å². The first-order valence-electron chi connectivity index (χ1n) is 6.24. The third kappa shape index (κ3) is 5.94. The van der Waals surface area contributed by atoms with Crippen molar-refractivity contribution in [2.75, 3.05) is 7.05 Å². The van der Waals surface area contributed by atoms with Gasteiger partial charge in [-0.2, -0.15) is 3.71 Å². The van der Waals surface area contributed by atoms with Crippen LogP contribution in [-0.2, 0) is 0 Å². The molecule has 0 atom stereocenters. The lowest BCUT2D eigenvalue weighted by atomic mass is 10.4. The molecule has 0 unspecified atom stereocenters. The Morgan fingerprint density at radius 2 is 1.00 bits per heavy atom. The molecule has 0 aliphatic heterocycles. The van der Waals surface area contributed by atoms with Crippen LogP contribution < -0.4 is 0 Å². The fourth-order valence-corrected chi connectivity index (χ4v) is 3.08. The summed E-state index contributed by atoms with van der Waals surface area (Å²) in [6.45, 7) is 4.00. The maximum absolute atomic E-state index is 12.7. The first kappa shape index (κ1) is 17.0. The molecule has 0 N–H and O–H groups in total. The van der Waals surface area contributed by atoms with Gasteiger partial charge in [0.2, 0.25) is 0 Å². The van der Waals surface area contributed by atoms with Crippen molar-refractivity contribution in [1.29, 1.82) is 0 Å². The van der Waals surface area contributed by atoms with Gasteiger partial charge in [-0.1, -0.05) is 13.8 Å². The second-order valence-corrected chi connectivity index (χ2v) is 6.16. The second-order valence-electron chi connectivity index (χ2n) is 3.53. The van der Waals surface area contributed by atoms with E-state index in [0.717, 1.165) is 9.79 Å². The Labute approximate surface area is 127 Å². The van der Waals surface area contributed by atoms with Crippen LogP contribution in [0.1, 0.15) is 13.8 Å². The highest BCUT2D eigenvalue weighted by Crippen LogP contribution is 2.31. The van der Waals surface area contributed by atoms with Crippen molar-refractivity contribution in [1.82, 2.24) is 3.71 Å². The summed E-state index contributed by atoms with van der Waals surface area (Å²) in [4.78, 5) is 1.90. The molecule has 2 aromatic rings. The lowest BCUT2D eigenvalue weighted by Crippen LogP contribution is -1.96. The molecule has 108 valence electrons. The zero-order chi connectivity index (χ0) is 15.0. The average molecular weight is 313 g/mol. The molecular formula is C15H17F2NS2. The Bertz CT molecular complexity index is 453. The molecule has 0 heterocycles. The minimum atomic E-state index is -0.242. The summed E-state index contributed by atoms with van der Waals surface area (Å²) >= 11 is 2.97. The monoisotopic (exact) mass is 313 g/mol. The molecule has 2 rings (SSSR count). The summed E-state index contributed by atoms with van der Waals surface area (Å²) in [5.41, 5.74) is 0. The summed E-state index contributed by atoms with van der Waals surface area (Å²) in [5.74, 6) is -0.485. The fourth-order valence-electron chi connectivity index (χ4n) is 1.31. The van der Waals surface area contributed by atoms with Crippen LogP contribution >= 0.6 is 23.9 Å². The minimum Gasteiger partial charge on any atom is -0.207 e. The number of hydrogen-bond donors (Lipinski definition) is 0. The van der Waals surface area contributed by atoms with Gasteiger partial charge in [0.25, 0.3) is 0 Å². The van der Waals surface area contributed by atoms with Gasteiger partial charge in [0.15, 0.2) is 0 Å². The van der Waals surface area contributed by atoms with Gasteiger partial charge in [0.1, 0.15) is 11.6 Å². The normalized spacial score (nSPS) is 10.1. The highest BCUT2D eigenvalue weighted by Gasteiger charge is 2.04. The molecule has 0 saturated carbocycles. The lowest BCUT2D eigenvalue weighted by molar-refractivity contribution is 0.626. The Balaban J connectivity index is 0.000000956. The molecule has 0 aliphatic rings. The summed E-state index contributed by atoms with van der Waals surface area (Å²) < 4.78 is 27.4. The van der Waals surface area contributed by atoms with Gasteiger partial charge in [0.05, 0.1) is 0 Å². The van der Waals surface area contributed by atoms with Crippen molar-refractivity contribution >= 4 is 23.9 Å². The SMILES string of the molecule is CC.CN(Sc1ccc(F)cc1)Sc1ccc(F)cc1. The third-order valence-electron chi connectivity index (χ3n) is 2.10. The molecule has 2 aromatic carbocycles. The van der Waals surface area contributed by atoms with E-state index >= 15 is 0 Å². The quantitative estimate of drug-likeness (QED) is 0.673. The molecule has 20 heavy (non-hydrogen) atoms. The molecule has 0 bridgehead atoms. The van der Waals surface area contributed by atoms with Crippen LogP contribution in [0.5, 0.6) is 0 Å². The highest BCUT2D eigenvalue weighted by molar-refractivity contribution is 8.12. The molecule has 1 nitrogen and oxygen atoms in total. The number of benzene rings is 2. The fraction of sp³-hybridized carbons (Fsp3) is 0.200. The number of halogens is 2. The predicted octanol–water partition coefficient (Wildman–Crippen LogP) is 5.64. The molecule has 0 aliphatic carbocycles. The van der Waals surface area contributed by atoms with E-state index in [1.54, 1.807) is 24.3 Å². The zero-order valence-electron chi connectivity index (χ0n) is 11.6. The molecule has 0 spiro atoms. The largest absolute Gasteiger partial charge is 0.207 e. The third-order valence-corrected chi connectivity index (χ3v) is 4.02.